The molecule has 0 saturated heterocycles. The number of nitrogen functional groups attached to an aromatic ring is 1. The first-order valence-corrected chi connectivity index (χ1v) is 8.72. The minimum Gasteiger partial charge on any atom is -0.496 e. The first-order valence-electron chi connectivity index (χ1n) is 8.72. The van der Waals surface area contributed by atoms with Gasteiger partial charge in [-0.1, -0.05) is 11.8 Å². The van der Waals surface area contributed by atoms with Gasteiger partial charge in [-0.25, -0.2) is 9.37 Å². The van der Waals surface area contributed by atoms with Gasteiger partial charge in [0, 0.05) is 17.1 Å². The molecule has 1 fully saturated rings. The van der Waals surface area contributed by atoms with Crippen molar-refractivity contribution in [2.75, 3.05) is 12.8 Å². The average molecular weight is 366 g/mol. The van der Waals surface area contributed by atoms with Crippen LogP contribution in [-0.4, -0.2) is 32.4 Å². The lowest BCUT2D eigenvalue weighted by Gasteiger charge is -2.13. The summed E-state index contributed by atoms with van der Waals surface area (Å²) in [4.78, 5) is 7.67. The normalized spacial score (nSPS) is 15.5. The second kappa shape index (κ2) is 6.56. The summed E-state index contributed by atoms with van der Waals surface area (Å²) >= 11 is 0. The fourth-order valence-corrected chi connectivity index (χ4v) is 3.45. The molecular formula is C20H19FN4O2. The lowest BCUT2D eigenvalue weighted by molar-refractivity contribution is 0.110. The molecule has 138 valence electrons. The van der Waals surface area contributed by atoms with Crippen LogP contribution < -0.4 is 10.5 Å². The van der Waals surface area contributed by atoms with Crippen LogP contribution in [0.4, 0.5) is 10.3 Å². The maximum absolute atomic E-state index is 14.3. The van der Waals surface area contributed by atoms with Crippen molar-refractivity contribution < 1.29 is 14.2 Å². The molecule has 7 heteroatoms. The topological polar surface area (TPSA) is 86.2 Å². The number of rotatable bonds is 2. The summed E-state index contributed by atoms with van der Waals surface area (Å²) < 4.78 is 21.3. The molecule has 1 saturated carbocycles. The number of methoxy groups -OCH3 is 1. The highest BCUT2D eigenvalue weighted by atomic mass is 19.1. The van der Waals surface area contributed by atoms with Crippen molar-refractivity contribution in [1.82, 2.24) is 14.5 Å². The highest BCUT2D eigenvalue weighted by molar-refractivity contribution is 5.89. The zero-order chi connectivity index (χ0) is 19.0. The molecule has 3 aromatic rings. The van der Waals surface area contributed by atoms with Crippen LogP contribution in [0.2, 0.25) is 0 Å². The van der Waals surface area contributed by atoms with E-state index < -0.39 is 11.4 Å². The number of anilines is 1. The summed E-state index contributed by atoms with van der Waals surface area (Å²) in [5.41, 5.74) is 6.03. The van der Waals surface area contributed by atoms with E-state index in [4.69, 9.17) is 10.5 Å². The van der Waals surface area contributed by atoms with Gasteiger partial charge in [0.2, 0.25) is 5.95 Å². The van der Waals surface area contributed by atoms with Crippen LogP contribution in [-0.2, 0) is 0 Å². The second-order valence-corrected chi connectivity index (χ2v) is 6.69. The van der Waals surface area contributed by atoms with E-state index in [1.807, 2.05) is 18.2 Å². The number of nitrogens with zero attached hydrogens (tertiary/aromatic N) is 3. The fourth-order valence-electron chi connectivity index (χ4n) is 3.45. The largest absolute Gasteiger partial charge is 0.496 e. The van der Waals surface area contributed by atoms with Gasteiger partial charge in [-0.05, 0) is 43.9 Å². The van der Waals surface area contributed by atoms with Crippen molar-refractivity contribution in [1.29, 1.82) is 0 Å². The molecule has 27 heavy (non-hydrogen) atoms. The Balaban J connectivity index is 1.86. The summed E-state index contributed by atoms with van der Waals surface area (Å²) in [5.74, 6) is 6.09. The Labute approximate surface area is 155 Å². The van der Waals surface area contributed by atoms with Crippen LogP contribution in [0, 0.1) is 17.7 Å². The molecule has 0 amide bonds. The Bertz CT molecular complexity index is 1070. The van der Waals surface area contributed by atoms with E-state index in [1.165, 1.54) is 0 Å². The van der Waals surface area contributed by atoms with E-state index in [0.717, 1.165) is 24.4 Å². The molecular weight excluding hydrogens is 347 g/mol. The number of nitrogens with two attached hydrogens (primary N) is 1. The molecule has 0 bridgehead atoms. The zero-order valence-corrected chi connectivity index (χ0v) is 14.9. The Morgan fingerprint density at radius 2 is 2.11 bits per heavy atom. The summed E-state index contributed by atoms with van der Waals surface area (Å²) in [6.45, 7) is 0. The third-order valence-corrected chi connectivity index (χ3v) is 4.83. The molecule has 0 radical (unpaired) electrons. The monoisotopic (exact) mass is 366 g/mol. The van der Waals surface area contributed by atoms with Gasteiger partial charge in [0.25, 0.3) is 0 Å². The van der Waals surface area contributed by atoms with Gasteiger partial charge in [0.15, 0.2) is 11.6 Å². The number of aliphatic hydroxyl groups is 1. The van der Waals surface area contributed by atoms with E-state index in [0.29, 0.717) is 29.7 Å². The van der Waals surface area contributed by atoms with Crippen molar-refractivity contribution in [3.8, 4) is 23.4 Å². The summed E-state index contributed by atoms with van der Waals surface area (Å²) in [5, 5.41) is 11.3. The predicted octanol–water partition coefficient (Wildman–Crippen LogP) is 2.81. The maximum atomic E-state index is 14.3. The average Bonchev–Trinajstić information content (AvgIpc) is 3.28. The van der Waals surface area contributed by atoms with Gasteiger partial charge in [0.05, 0.1) is 18.8 Å². The highest BCUT2D eigenvalue weighted by Gasteiger charge is 2.28. The molecule has 2 aromatic heterocycles. The highest BCUT2D eigenvalue weighted by Crippen LogP contribution is 2.32. The van der Waals surface area contributed by atoms with Crippen molar-refractivity contribution in [2.45, 2.75) is 31.3 Å². The minimum atomic E-state index is -0.933. The Morgan fingerprint density at radius 1 is 1.33 bits per heavy atom. The fraction of sp³-hybridized carbons (Fsp3) is 0.300. The number of ether oxygens (including phenoxy) is 1. The SMILES string of the molecule is COc1cc(C#CC2(O)CCCC2)cc2c1ccn2-c1nc(N)ncc1F. The molecule has 6 nitrogen and oxygen atoms in total. The molecule has 1 aliphatic carbocycles. The lowest BCUT2D eigenvalue weighted by atomic mass is 10.0. The Hall–Kier alpha value is -3.11. The van der Waals surface area contributed by atoms with Crippen LogP contribution in [0.1, 0.15) is 31.2 Å². The second-order valence-electron chi connectivity index (χ2n) is 6.69. The van der Waals surface area contributed by atoms with Gasteiger partial charge in [0.1, 0.15) is 11.4 Å². The number of fused-ring (bicyclic) bond motifs is 1. The molecule has 0 aliphatic heterocycles. The van der Waals surface area contributed by atoms with Crippen molar-refractivity contribution in [3.63, 3.8) is 0 Å². The first kappa shape index (κ1) is 17.3. The van der Waals surface area contributed by atoms with Crippen LogP contribution in [0.25, 0.3) is 16.7 Å². The predicted molar refractivity (Wildman–Crippen MR) is 100 cm³/mol. The summed E-state index contributed by atoms with van der Waals surface area (Å²) in [7, 11) is 1.57. The number of hydrogen-bond acceptors (Lipinski definition) is 5. The molecule has 1 aliphatic rings. The lowest BCUT2D eigenvalue weighted by Crippen LogP contribution is -2.20. The molecule has 0 spiro atoms. The molecule has 4 rings (SSSR count). The van der Waals surface area contributed by atoms with E-state index in [9.17, 15) is 9.50 Å². The smallest absolute Gasteiger partial charge is 0.222 e. The number of hydrogen-bond donors (Lipinski definition) is 2. The molecule has 3 N–H and O–H groups in total. The summed E-state index contributed by atoms with van der Waals surface area (Å²) in [6.07, 6.45) is 6.05. The number of benzene rings is 1. The van der Waals surface area contributed by atoms with Gasteiger partial charge >= 0.3 is 0 Å². The van der Waals surface area contributed by atoms with Crippen LogP contribution in [0.3, 0.4) is 0 Å². The van der Waals surface area contributed by atoms with Gasteiger partial charge in [-0.15, -0.1) is 0 Å². The van der Waals surface area contributed by atoms with Gasteiger partial charge in [-0.3, -0.25) is 4.57 Å². The number of aromatic nitrogens is 3. The quantitative estimate of drug-likeness (QED) is 0.681. The Morgan fingerprint density at radius 3 is 2.85 bits per heavy atom. The third kappa shape index (κ3) is 3.20. The van der Waals surface area contributed by atoms with Crippen molar-refractivity contribution >= 4 is 16.9 Å². The zero-order valence-electron chi connectivity index (χ0n) is 14.9. The van der Waals surface area contributed by atoms with Crippen molar-refractivity contribution in [2.24, 2.45) is 0 Å². The van der Waals surface area contributed by atoms with Crippen LogP contribution >= 0.6 is 0 Å². The van der Waals surface area contributed by atoms with Crippen molar-refractivity contribution in [3.05, 3.63) is 42.0 Å². The third-order valence-electron chi connectivity index (χ3n) is 4.83. The molecule has 0 unspecified atom stereocenters. The first-order chi connectivity index (χ1) is 13.0. The Kier molecular flexibility index (Phi) is 4.21. The van der Waals surface area contributed by atoms with Crippen LogP contribution in [0.15, 0.2) is 30.6 Å². The van der Waals surface area contributed by atoms with Gasteiger partial charge < -0.3 is 15.6 Å². The standard InChI is InChI=1S/C20H19FN4O2/c1-27-17-11-13(4-8-20(26)6-2-3-7-20)10-16-14(17)5-9-25(16)18-15(21)12-23-19(22)24-18/h5,9-12,26H,2-3,6-7H2,1H3,(H2,22,23,24). The molecule has 1 aromatic carbocycles. The van der Waals surface area contributed by atoms with Crippen LogP contribution in [0.5, 0.6) is 5.75 Å². The van der Waals surface area contributed by atoms with E-state index in [-0.39, 0.29) is 11.8 Å². The van der Waals surface area contributed by atoms with Gasteiger partial charge in [-0.2, -0.15) is 4.98 Å². The van der Waals surface area contributed by atoms with E-state index in [1.54, 1.807) is 17.9 Å². The number of halogens is 1. The minimum absolute atomic E-state index is 0.0142. The molecule has 0 atom stereocenters. The van der Waals surface area contributed by atoms with E-state index >= 15 is 0 Å². The summed E-state index contributed by atoms with van der Waals surface area (Å²) in [6, 6.07) is 5.44. The maximum Gasteiger partial charge on any atom is 0.222 e. The molecule has 2 heterocycles. The van der Waals surface area contributed by atoms with E-state index in [2.05, 4.69) is 21.8 Å².